The molecule has 0 fully saturated rings. The summed E-state index contributed by atoms with van der Waals surface area (Å²) >= 11 is 0. The minimum absolute atomic E-state index is 0.202. The lowest BCUT2D eigenvalue weighted by molar-refractivity contribution is 0.0490. The molecule has 4 heterocycles. The number of nitrogens with zero attached hydrogens (tertiary/aromatic N) is 4. The number of hydrogen-bond acceptors (Lipinski definition) is 7. The molecule has 0 spiro atoms. The second-order valence-electron chi connectivity index (χ2n) is 6.24. The first-order valence-electron chi connectivity index (χ1n) is 8.52. The van der Waals surface area contributed by atoms with Crippen LogP contribution in [-0.2, 0) is 11.3 Å². The van der Waals surface area contributed by atoms with Crippen molar-refractivity contribution in [2.45, 2.75) is 27.3 Å². The molecule has 0 N–H and O–H groups in total. The number of esters is 1. The van der Waals surface area contributed by atoms with Crippen LogP contribution in [0, 0.1) is 20.8 Å². The van der Waals surface area contributed by atoms with Crippen LogP contribution in [-0.4, -0.2) is 32.5 Å². The summed E-state index contributed by atoms with van der Waals surface area (Å²) in [5.41, 5.74) is 2.62. The van der Waals surface area contributed by atoms with Gasteiger partial charge in [0.25, 0.3) is 5.71 Å². The Labute approximate surface area is 154 Å². The van der Waals surface area contributed by atoms with E-state index in [2.05, 4.69) is 15.2 Å². The Bertz CT molecular complexity index is 1110. The van der Waals surface area contributed by atoms with E-state index in [1.165, 1.54) is 0 Å². The molecule has 8 heteroatoms. The highest BCUT2D eigenvalue weighted by Gasteiger charge is 2.21. The van der Waals surface area contributed by atoms with E-state index in [1.54, 1.807) is 23.9 Å². The van der Waals surface area contributed by atoms with Crippen LogP contribution in [0.4, 0.5) is 0 Å². The lowest BCUT2D eigenvalue weighted by Gasteiger charge is -2.07. The average Bonchev–Trinajstić information content (AvgIpc) is 3.36. The molecule has 0 saturated carbocycles. The molecule has 0 saturated heterocycles. The summed E-state index contributed by atoms with van der Waals surface area (Å²) in [6.45, 7) is 6.15. The number of aromatic nitrogens is 4. The minimum Gasteiger partial charge on any atom is -0.466 e. The Morgan fingerprint density at radius 3 is 2.81 bits per heavy atom. The Morgan fingerprint density at radius 2 is 2.11 bits per heavy atom. The van der Waals surface area contributed by atoms with Crippen molar-refractivity contribution in [1.82, 2.24) is 19.9 Å². The van der Waals surface area contributed by atoms with Crippen LogP contribution >= 0.6 is 0 Å². The molecule has 0 bridgehead atoms. The van der Waals surface area contributed by atoms with E-state index in [9.17, 15) is 4.79 Å². The zero-order valence-electron chi connectivity index (χ0n) is 15.2. The predicted octanol–water partition coefficient (Wildman–Crippen LogP) is 3.46. The second kappa shape index (κ2) is 6.71. The van der Waals surface area contributed by atoms with Crippen molar-refractivity contribution in [2.24, 2.45) is 0 Å². The number of hydrogen-bond donors (Lipinski definition) is 0. The SMILES string of the molecule is Cc1cc(-c2cc(C(=O)OCCn3cccn3)c3c(C)noc3n2)c(C)o1. The molecular weight excluding hydrogens is 348 g/mol. The summed E-state index contributed by atoms with van der Waals surface area (Å²) in [5.74, 6) is 1.02. The van der Waals surface area contributed by atoms with E-state index in [4.69, 9.17) is 13.7 Å². The first-order valence-corrected chi connectivity index (χ1v) is 8.52. The van der Waals surface area contributed by atoms with E-state index in [-0.39, 0.29) is 6.61 Å². The van der Waals surface area contributed by atoms with E-state index in [1.807, 2.05) is 32.2 Å². The first-order chi connectivity index (χ1) is 13.0. The van der Waals surface area contributed by atoms with Gasteiger partial charge in [0.15, 0.2) is 0 Å². The van der Waals surface area contributed by atoms with Gasteiger partial charge < -0.3 is 13.7 Å². The van der Waals surface area contributed by atoms with Crippen molar-refractivity contribution in [3.05, 3.63) is 53.4 Å². The molecule has 4 rings (SSSR count). The summed E-state index contributed by atoms with van der Waals surface area (Å²) in [4.78, 5) is 17.2. The van der Waals surface area contributed by atoms with Crippen LogP contribution in [0.2, 0.25) is 0 Å². The molecule has 0 aliphatic carbocycles. The average molecular weight is 366 g/mol. The molecule has 0 aliphatic rings. The zero-order valence-corrected chi connectivity index (χ0v) is 15.2. The monoisotopic (exact) mass is 366 g/mol. The maximum atomic E-state index is 12.7. The normalized spacial score (nSPS) is 11.2. The van der Waals surface area contributed by atoms with Gasteiger partial charge in [-0.15, -0.1) is 0 Å². The number of aryl methyl sites for hydroxylation is 3. The molecule has 0 aromatic carbocycles. The van der Waals surface area contributed by atoms with Gasteiger partial charge >= 0.3 is 5.97 Å². The van der Waals surface area contributed by atoms with Crippen molar-refractivity contribution >= 4 is 17.1 Å². The number of ether oxygens (including phenoxy) is 1. The Hall–Kier alpha value is -3.42. The minimum atomic E-state index is -0.458. The van der Waals surface area contributed by atoms with E-state index in [0.717, 1.165) is 11.3 Å². The van der Waals surface area contributed by atoms with Gasteiger partial charge in [-0.25, -0.2) is 9.78 Å². The van der Waals surface area contributed by atoms with E-state index < -0.39 is 5.97 Å². The molecule has 27 heavy (non-hydrogen) atoms. The summed E-state index contributed by atoms with van der Waals surface area (Å²) < 4.78 is 18.0. The number of rotatable bonds is 5. The van der Waals surface area contributed by atoms with Gasteiger partial charge in [0.2, 0.25) is 0 Å². The summed E-state index contributed by atoms with van der Waals surface area (Å²) in [7, 11) is 0. The van der Waals surface area contributed by atoms with Gasteiger partial charge in [0, 0.05) is 18.0 Å². The molecule has 0 radical (unpaired) electrons. The topological polar surface area (TPSA) is 96.2 Å². The van der Waals surface area contributed by atoms with Gasteiger partial charge in [-0.1, -0.05) is 5.16 Å². The fourth-order valence-corrected chi connectivity index (χ4v) is 3.02. The molecule has 0 aliphatic heterocycles. The van der Waals surface area contributed by atoms with Gasteiger partial charge in [-0.05, 0) is 39.0 Å². The number of pyridine rings is 1. The third-order valence-corrected chi connectivity index (χ3v) is 4.27. The highest BCUT2D eigenvalue weighted by molar-refractivity contribution is 6.04. The van der Waals surface area contributed by atoms with Crippen LogP contribution in [0.3, 0.4) is 0 Å². The Kier molecular flexibility index (Phi) is 4.23. The van der Waals surface area contributed by atoms with Crippen molar-refractivity contribution in [2.75, 3.05) is 6.61 Å². The molecular formula is C19H18N4O4. The zero-order chi connectivity index (χ0) is 19.0. The van der Waals surface area contributed by atoms with Crippen molar-refractivity contribution in [3.63, 3.8) is 0 Å². The van der Waals surface area contributed by atoms with Crippen LogP contribution in [0.1, 0.15) is 27.6 Å². The van der Waals surface area contributed by atoms with Crippen molar-refractivity contribution < 1.29 is 18.5 Å². The highest BCUT2D eigenvalue weighted by atomic mass is 16.5. The van der Waals surface area contributed by atoms with Crippen LogP contribution in [0.25, 0.3) is 22.4 Å². The van der Waals surface area contributed by atoms with Gasteiger partial charge in [0.05, 0.1) is 28.9 Å². The number of carbonyl (C=O) groups is 1. The maximum absolute atomic E-state index is 12.7. The van der Waals surface area contributed by atoms with E-state index >= 15 is 0 Å². The fraction of sp³-hybridized carbons (Fsp3) is 0.263. The second-order valence-corrected chi connectivity index (χ2v) is 6.24. The molecule has 4 aromatic heterocycles. The lowest BCUT2D eigenvalue weighted by Crippen LogP contribution is -2.12. The van der Waals surface area contributed by atoms with Crippen molar-refractivity contribution in [3.8, 4) is 11.3 Å². The van der Waals surface area contributed by atoms with Crippen LogP contribution < -0.4 is 0 Å². The van der Waals surface area contributed by atoms with Gasteiger partial charge in [0.1, 0.15) is 18.1 Å². The standard InChI is InChI=1S/C19H18N4O4/c1-11-9-14(13(3)26-11)16-10-15(17-12(2)22-27-18(17)21-16)19(24)25-8-7-23-6-4-5-20-23/h4-6,9-10H,7-8H2,1-3H3. The Morgan fingerprint density at radius 1 is 1.26 bits per heavy atom. The van der Waals surface area contributed by atoms with Gasteiger partial charge in [-0.2, -0.15) is 5.10 Å². The number of carbonyl (C=O) groups excluding carboxylic acids is 1. The Balaban J connectivity index is 1.68. The smallest absolute Gasteiger partial charge is 0.339 e. The molecule has 0 unspecified atom stereocenters. The quantitative estimate of drug-likeness (QED) is 0.499. The number of fused-ring (bicyclic) bond motifs is 1. The summed E-state index contributed by atoms with van der Waals surface area (Å²) in [6.07, 6.45) is 3.49. The predicted molar refractivity (Wildman–Crippen MR) is 96.2 cm³/mol. The van der Waals surface area contributed by atoms with E-state index in [0.29, 0.717) is 40.4 Å². The van der Waals surface area contributed by atoms with Gasteiger partial charge in [-0.3, -0.25) is 4.68 Å². The lowest BCUT2D eigenvalue weighted by atomic mass is 10.1. The molecule has 4 aromatic rings. The molecule has 0 amide bonds. The molecule has 0 atom stereocenters. The fourth-order valence-electron chi connectivity index (χ4n) is 3.02. The summed E-state index contributed by atoms with van der Waals surface area (Å²) in [5, 5.41) is 8.58. The van der Waals surface area contributed by atoms with Crippen molar-refractivity contribution in [1.29, 1.82) is 0 Å². The third kappa shape index (κ3) is 3.21. The van der Waals surface area contributed by atoms with Crippen LogP contribution in [0.5, 0.6) is 0 Å². The maximum Gasteiger partial charge on any atom is 0.339 e. The molecule has 138 valence electrons. The first kappa shape index (κ1) is 17.0. The van der Waals surface area contributed by atoms with Crippen LogP contribution in [0.15, 0.2) is 39.5 Å². The highest BCUT2D eigenvalue weighted by Crippen LogP contribution is 2.30. The third-order valence-electron chi connectivity index (χ3n) is 4.27. The number of furan rings is 1. The summed E-state index contributed by atoms with van der Waals surface area (Å²) in [6, 6.07) is 5.38. The molecule has 8 nitrogen and oxygen atoms in total. The largest absolute Gasteiger partial charge is 0.466 e.